The Kier molecular flexibility index (Phi) is 11.3. The molecular formula is C78H54N6S2. The van der Waals surface area contributed by atoms with Crippen molar-refractivity contribution in [1.82, 2.24) is 28.7 Å². The molecule has 16 aromatic rings. The van der Waals surface area contributed by atoms with E-state index in [4.69, 9.17) is 9.97 Å². The number of fused-ring (bicyclic) bond motifs is 16. The first kappa shape index (κ1) is 50.4. The van der Waals surface area contributed by atoms with E-state index in [2.05, 4.69) is 271 Å². The topological polar surface area (TPSA) is 60.4 Å². The maximum Gasteiger partial charge on any atom is 0.138 e. The molecule has 86 heavy (non-hydrogen) atoms. The summed E-state index contributed by atoms with van der Waals surface area (Å²) in [7, 11) is 0. The van der Waals surface area contributed by atoms with Gasteiger partial charge in [0.1, 0.15) is 32.0 Å². The zero-order valence-corrected chi connectivity index (χ0v) is 49.4. The Balaban J connectivity index is 0.000000134. The van der Waals surface area contributed by atoms with Gasteiger partial charge in [-0.1, -0.05) is 155 Å². The van der Waals surface area contributed by atoms with Crippen LogP contribution in [0.4, 0.5) is 0 Å². The lowest BCUT2D eigenvalue weighted by Crippen LogP contribution is -2.15. The summed E-state index contributed by atoms with van der Waals surface area (Å²) in [5.41, 5.74) is 29.3. The van der Waals surface area contributed by atoms with Gasteiger partial charge in [0.15, 0.2) is 0 Å². The van der Waals surface area contributed by atoms with Crippen LogP contribution in [0.3, 0.4) is 0 Å². The largest absolute Gasteiger partial charge is 0.290 e. The van der Waals surface area contributed by atoms with Gasteiger partial charge >= 0.3 is 0 Å². The summed E-state index contributed by atoms with van der Waals surface area (Å²) < 4.78 is 7.04. The van der Waals surface area contributed by atoms with Crippen LogP contribution in [0, 0.1) is 0 Å². The number of benzene rings is 8. The van der Waals surface area contributed by atoms with Crippen LogP contribution in [-0.2, 0) is 10.8 Å². The summed E-state index contributed by atoms with van der Waals surface area (Å²) in [6.07, 6.45) is 12.0. The molecule has 8 heterocycles. The Morgan fingerprint density at radius 1 is 0.314 bits per heavy atom. The molecule has 0 fully saturated rings. The first-order valence-corrected chi connectivity index (χ1v) is 30.9. The standard InChI is InChI=1S/2C39H27N3S/c1-39(2)33-20-26(12-15-30(33)31-16-13-27(21-34(31)39)28-9-6-18-40-22-28)24-7-5-8-25(19-24)29-14-17-36-41-37-32-10-3-4-11-35(32)43-38(37)42(36)23-29;1-39(2)33-21-27(24-16-18-40-19-17-24)10-13-30(33)31-14-11-28(22-34(31)39)25-6-5-7-26(20-25)29-12-15-36-41-37-32-8-3-4-9-35(32)43-38(37)42(36)23-29/h2*3-23H,1-2H3. The summed E-state index contributed by atoms with van der Waals surface area (Å²) >= 11 is 3.61. The zero-order chi connectivity index (χ0) is 57.4. The van der Waals surface area contributed by atoms with Crippen LogP contribution in [0.15, 0.2) is 256 Å². The molecule has 0 unspecified atom stereocenters. The van der Waals surface area contributed by atoms with Crippen LogP contribution >= 0.6 is 22.7 Å². The molecule has 0 atom stereocenters. The first-order chi connectivity index (χ1) is 42.1. The van der Waals surface area contributed by atoms with Crippen molar-refractivity contribution in [3.8, 4) is 89.0 Å². The smallest absolute Gasteiger partial charge is 0.138 e. The lowest BCUT2D eigenvalue weighted by Gasteiger charge is -2.22. The van der Waals surface area contributed by atoms with Crippen LogP contribution < -0.4 is 0 Å². The number of rotatable bonds is 6. The van der Waals surface area contributed by atoms with Gasteiger partial charge in [0, 0.05) is 68.2 Å². The van der Waals surface area contributed by atoms with E-state index >= 15 is 0 Å². The molecule has 0 aliphatic heterocycles. The highest BCUT2D eigenvalue weighted by atomic mass is 32.1. The van der Waals surface area contributed by atoms with Crippen LogP contribution in [0.1, 0.15) is 49.9 Å². The Morgan fingerprint density at radius 3 is 1.14 bits per heavy atom. The molecule has 0 spiro atoms. The molecule has 6 nitrogen and oxygen atoms in total. The van der Waals surface area contributed by atoms with Crippen molar-refractivity contribution in [2.45, 2.75) is 38.5 Å². The van der Waals surface area contributed by atoms with Crippen molar-refractivity contribution >= 4 is 74.8 Å². The fraction of sp³-hybridized carbons (Fsp3) is 0.0769. The molecule has 2 aliphatic carbocycles. The summed E-state index contributed by atoms with van der Waals surface area (Å²) in [5, 5.41) is 2.45. The highest BCUT2D eigenvalue weighted by Crippen LogP contribution is 2.53. The van der Waals surface area contributed by atoms with Crippen LogP contribution in [-0.4, -0.2) is 28.7 Å². The minimum absolute atomic E-state index is 0.0938. The van der Waals surface area contributed by atoms with E-state index in [0.29, 0.717) is 0 Å². The molecule has 0 amide bonds. The van der Waals surface area contributed by atoms with Crippen LogP contribution in [0.2, 0.25) is 0 Å². The third-order valence-electron chi connectivity index (χ3n) is 18.3. The molecule has 18 rings (SSSR count). The molecule has 408 valence electrons. The quantitative estimate of drug-likeness (QED) is 0.166. The highest BCUT2D eigenvalue weighted by Gasteiger charge is 2.37. The van der Waals surface area contributed by atoms with E-state index in [-0.39, 0.29) is 10.8 Å². The second-order valence-corrected chi connectivity index (χ2v) is 26.0. The van der Waals surface area contributed by atoms with Gasteiger partial charge in [-0.15, -0.1) is 22.7 Å². The van der Waals surface area contributed by atoms with E-state index < -0.39 is 0 Å². The summed E-state index contributed by atoms with van der Waals surface area (Å²) in [6, 6.07) is 79.6. The fourth-order valence-electron chi connectivity index (χ4n) is 13.7. The number of hydrogen-bond acceptors (Lipinski definition) is 6. The van der Waals surface area contributed by atoms with Crippen molar-refractivity contribution in [3.05, 3.63) is 278 Å². The summed E-state index contributed by atoms with van der Waals surface area (Å²) in [4.78, 5) is 20.8. The maximum absolute atomic E-state index is 4.96. The van der Waals surface area contributed by atoms with Crippen LogP contribution in [0.25, 0.3) is 141 Å². The van der Waals surface area contributed by atoms with Gasteiger partial charge in [-0.2, -0.15) is 0 Å². The minimum Gasteiger partial charge on any atom is -0.290 e. The third kappa shape index (κ3) is 7.97. The Hall–Kier alpha value is -10.1. The van der Waals surface area contributed by atoms with Gasteiger partial charge in [-0.05, 0) is 202 Å². The molecule has 8 heteroatoms. The number of thiophene rings is 2. The van der Waals surface area contributed by atoms with Crippen molar-refractivity contribution in [1.29, 1.82) is 0 Å². The number of imidazole rings is 2. The molecular weight excluding hydrogens is 1090 g/mol. The van der Waals surface area contributed by atoms with Gasteiger partial charge in [-0.3, -0.25) is 18.8 Å². The summed E-state index contributed by atoms with van der Waals surface area (Å²) in [5.74, 6) is 0. The van der Waals surface area contributed by atoms with Gasteiger partial charge in [0.2, 0.25) is 0 Å². The van der Waals surface area contributed by atoms with E-state index in [1.165, 1.54) is 136 Å². The second kappa shape index (κ2) is 19.2. The molecule has 8 aromatic heterocycles. The number of pyridine rings is 4. The van der Waals surface area contributed by atoms with E-state index in [9.17, 15) is 0 Å². The predicted molar refractivity (Wildman–Crippen MR) is 359 cm³/mol. The minimum atomic E-state index is -0.0986. The Morgan fingerprint density at radius 2 is 0.698 bits per heavy atom. The normalized spacial score (nSPS) is 13.5. The lowest BCUT2D eigenvalue weighted by atomic mass is 9.81. The molecule has 0 bridgehead atoms. The van der Waals surface area contributed by atoms with Gasteiger partial charge in [0.25, 0.3) is 0 Å². The number of aromatic nitrogens is 6. The van der Waals surface area contributed by atoms with Gasteiger partial charge in [-0.25, -0.2) is 9.97 Å². The predicted octanol–water partition coefficient (Wildman–Crippen LogP) is 20.8. The van der Waals surface area contributed by atoms with Crippen LogP contribution in [0.5, 0.6) is 0 Å². The third-order valence-corrected chi connectivity index (χ3v) is 20.6. The van der Waals surface area contributed by atoms with Gasteiger partial charge < -0.3 is 0 Å². The van der Waals surface area contributed by atoms with E-state index in [1.54, 1.807) is 22.7 Å². The number of nitrogens with zero attached hydrogens (tertiary/aromatic N) is 6. The van der Waals surface area contributed by atoms with Crippen molar-refractivity contribution in [2.24, 2.45) is 0 Å². The van der Waals surface area contributed by atoms with E-state index in [1.807, 2.05) is 30.9 Å². The zero-order valence-electron chi connectivity index (χ0n) is 47.7. The number of hydrogen-bond donors (Lipinski definition) is 0. The highest BCUT2D eigenvalue weighted by molar-refractivity contribution is 7.25. The van der Waals surface area contributed by atoms with Crippen molar-refractivity contribution in [3.63, 3.8) is 0 Å². The Labute approximate surface area is 505 Å². The van der Waals surface area contributed by atoms with E-state index in [0.717, 1.165) is 27.9 Å². The second-order valence-electron chi connectivity index (χ2n) is 24.0. The first-order valence-electron chi connectivity index (χ1n) is 29.3. The van der Waals surface area contributed by atoms with Gasteiger partial charge in [0.05, 0.1) is 0 Å². The van der Waals surface area contributed by atoms with Crippen molar-refractivity contribution in [2.75, 3.05) is 0 Å². The monoisotopic (exact) mass is 1140 g/mol. The molecule has 2 aliphatic rings. The molecule has 0 radical (unpaired) electrons. The molecule has 0 saturated heterocycles. The average Bonchev–Trinajstić information content (AvgIpc) is 1.81. The lowest BCUT2D eigenvalue weighted by molar-refractivity contribution is 0.660. The molecule has 0 N–H and O–H groups in total. The van der Waals surface area contributed by atoms with Crippen molar-refractivity contribution < 1.29 is 0 Å². The molecule has 8 aromatic carbocycles. The summed E-state index contributed by atoms with van der Waals surface area (Å²) in [6.45, 7) is 9.40. The Bertz CT molecular complexity index is 5090. The SMILES string of the molecule is CC1(C)c2cc(-c3cccnc3)ccc2-c2ccc(-c3cccc(-c4ccc5nc6c7ccccc7sc6n5c4)c3)cc21.CC1(C)c2cc(-c3ccncc3)ccc2-c2ccc(-c3cccc(-c4ccc5nc6c7ccccc7sc6n5c4)c3)cc21. The average molecular weight is 1140 g/mol. The molecule has 0 saturated carbocycles. The fourth-order valence-corrected chi connectivity index (χ4v) is 15.9. The maximum atomic E-state index is 4.96.